The minimum atomic E-state index is -3.27. The second kappa shape index (κ2) is 4.65. The van der Waals surface area contributed by atoms with Crippen molar-refractivity contribution in [2.75, 3.05) is 0 Å². The maximum absolute atomic E-state index is 14.5. The molecule has 4 aliphatic carbocycles. The van der Waals surface area contributed by atoms with Gasteiger partial charge in [0.15, 0.2) is 0 Å². The SMILES string of the molecule is C[C@]12CCC(=O)C(F)(F)C1=CC[C@@H]1[C@H]2CC[C@]2(C)C(O)CC[C@@H]12. The maximum atomic E-state index is 14.5. The van der Waals surface area contributed by atoms with Crippen LogP contribution in [0.25, 0.3) is 0 Å². The lowest BCUT2D eigenvalue weighted by molar-refractivity contribution is -0.149. The molecule has 4 heteroatoms. The van der Waals surface area contributed by atoms with Crippen LogP contribution in [-0.4, -0.2) is 22.9 Å². The molecule has 0 aromatic carbocycles. The number of hydrogen-bond acceptors (Lipinski definition) is 2. The van der Waals surface area contributed by atoms with E-state index >= 15 is 0 Å². The summed E-state index contributed by atoms with van der Waals surface area (Å²) in [5.41, 5.74) is -0.491. The first-order chi connectivity index (χ1) is 10.7. The fourth-order valence-electron chi connectivity index (χ4n) is 6.55. The smallest absolute Gasteiger partial charge is 0.327 e. The van der Waals surface area contributed by atoms with Crippen LogP contribution in [0.5, 0.6) is 0 Å². The molecule has 0 aromatic rings. The summed E-state index contributed by atoms with van der Waals surface area (Å²) < 4.78 is 29.0. The highest BCUT2D eigenvalue weighted by Crippen LogP contribution is 2.66. The highest BCUT2D eigenvalue weighted by Gasteiger charge is 2.63. The van der Waals surface area contributed by atoms with E-state index in [1.165, 1.54) is 0 Å². The van der Waals surface area contributed by atoms with Gasteiger partial charge in [-0.15, -0.1) is 0 Å². The predicted octanol–water partition coefficient (Wildman–Crippen LogP) is 4.12. The molecule has 23 heavy (non-hydrogen) atoms. The number of halogens is 2. The summed E-state index contributed by atoms with van der Waals surface area (Å²) in [6.07, 6.45) is 6.30. The number of alkyl halides is 2. The van der Waals surface area contributed by atoms with E-state index in [2.05, 4.69) is 6.92 Å². The molecule has 0 saturated heterocycles. The Balaban J connectivity index is 1.74. The Bertz CT molecular complexity index is 584. The van der Waals surface area contributed by atoms with Crippen LogP contribution in [0.4, 0.5) is 8.78 Å². The molecular formula is C19H26F2O2. The van der Waals surface area contributed by atoms with Gasteiger partial charge in [-0.05, 0) is 67.1 Å². The fourth-order valence-corrected chi connectivity index (χ4v) is 6.55. The Labute approximate surface area is 136 Å². The van der Waals surface area contributed by atoms with Crippen molar-refractivity contribution in [3.63, 3.8) is 0 Å². The molecule has 2 nitrogen and oxygen atoms in total. The van der Waals surface area contributed by atoms with E-state index in [1.807, 2.05) is 6.92 Å². The molecule has 128 valence electrons. The van der Waals surface area contributed by atoms with Crippen LogP contribution in [0.1, 0.15) is 58.8 Å². The van der Waals surface area contributed by atoms with Crippen LogP contribution in [0.15, 0.2) is 11.6 Å². The first-order valence-corrected chi connectivity index (χ1v) is 9.01. The summed E-state index contributed by atoms with van der Waals surface area (Å²) >= 11 is 0. The van der Waals surface area contributed by atoms with Gasteiger partial charge < -0.3 is 5.11 Å². The lowest BCUT2D eigenvalue weighted by atomic mass is 9.47. The third-order valence-corrected chi connectivity index (χ3v) is 7.97. The number of hydrogen-bond donors (Lipinski definition) is 1. The minimum Gasteiger partial charge on any atom is -0.393 e. The molecule has 4 rings (SSSR count). The molecule has 4 aliphatic rings. The quantitative estimate of drug-likeness (QED) is 0.681. The third-order valence-electron chi connectivity index (χ3n) is 7.97. The second-order valence-corrected chi connectivity index (χ2v) is 8.78. The molecule has 0 bridgehead atoms. The van der Waals surface area contributed by atoms with Crippen LogP contribution >= 0.6 is 0 Å². The first-order valence-electron chi connectivity index (χ1n) is 9.01. The molecule has 0 radical (unpaired) electrons. The fraction of sp³-hybridized carbons (Fsp3) is 0.842. The van der Waals surface area contributed by atoms with E-state index in [0.717, 1.165) is 25.7 Å². The van der Waals surface area contributed by atoms with Crippen molar-refractivity contribution in [2.24, 2.45) is 28.6 Å². The van der Waals surface area contributed by atoms with Gasteiger partial charge in [0.25, 0.3) is 0 Å². The molecule has 3 fully saturated rings. The number of fused-ring (bicyclic) bond motifs is 5. The Hall–Kier alpha value is -0.770. The van der Waals surface area contributed by atoms with Gasteiger partial charge in [-0.25, -0.2) is 0 Å². The lowest BCUT2D eigenvalue weighted by Crippen LogP contribution is -2.55. The highest BCUT2D eigenvalue weighted by atomic mass is 19.3. The van der Waals surface area contributed by atoms with Gasteiger partial charge in [-0.2, -0.15) is 8.78 Å². The first kappa shape index (κ1) is 15.7. The van der Waals surface area contributed by atoms with Crippen LogP contribution in [-0.2, 0) is 4.79 Å². The van der Waals surface area contributed by atoms with Crippen LogP contribution in [0, 0.1) is 28.6 Å². The van der Waals surface area contributed by atoms with E-state index in [4.69, 9.17) is 0 Å². The standard InChI is InChI=1S/C19H26F2O2/c1-17-10-8-16(23)19(20,21)14(17)5-3-11-12-4-6-15(22)18(12,2)9-7-13(11)17/h5,11-13,15,22H,3-4,6-10H2,1-2H3/t11-,12-,13+,15?,17+,18-/m0/s1. The van der Waals surface area contributed by atoms with Gasteiger partial charge in [0, 0.05) is 12.0 Å². The molecule has 1 N–H and O–H groups in total. The summed E-state index contributed by atoms with van der Waals surface area (Å²) in [5.74, 6) is -3.14. The number of allylic oxidation sites excluding steroid dienone is 2. The van der Waals surface area contributed by atoms with E-state index < -0.39 is 17.1 Å². The van der Waals surface area contributed by atoms with Gasteiger partial charge in [0.2, 0.25) is 5.78 Å². The number of aliphatic hydroxyl groups is 1. The van der Waals surface area contributed by atoms with Crippen molar-refractivity contribution < 1.29 is 18.7 Å². The Morgan fingerprint density at radius 2 is 1.87 bits per heavy atom. The van der Waals surface area contributed by atoms with Crippen LogP contribution < -0.4 is 0 Å². The van der Waals surface area contributed by atoms with E-state index in [-0.39, 0.29) is 29.4 Å². The minimum absolute atomic E-state index is 0.00534. The monoisotopic (exact) mass is 324 g/mol. The number of rotatable bonds is 0. The number of carbonyl (C=O) groups is 1. The van der Waals surface area contributed by atoms with Crippen molar-refractivity contribution >= 4 is 5.78 Å². The summed E-state index contributed by atoms with van der Waals surface area (Å²) in [6.45, 7) is 4.15. The van der Waals surface area contributed by atoms with Gasteiger partial charge in [0.05, 0.1) is 6.10 Å². The molecule has 0 aliphatic heterocycles. The zero-order valence-corrected chi connectivity index (χ0v) is 13.9. The number of aliphatic hydroxyl groups excluding tert-OH is 1. The summed E-state index contributed by atoms with van der Waals surface area (Å²) in [6, 6.07) is 0. The van der Waals surface area contributed by atoms with Crippen LogP contribution in [0.3, 0.4) is 0 Å². The summed E-state index contributed by atoms with van der Waals surface area (Å²) in [7, 11) is 0. The van der Waals surface area contributed by atoms with Gasteiger partial charge in [-0.1, -0.05) is 19.9 Å². The molecule has 1 unspecified atom stereocenters. The van der Waals surface area contributed by atoms with Crippen molar-refractivity contribution in [2.45, 2.75) is 70.8 Å². The van der Waals surface area contributed by atoms with E-state index in [0.29, 0.717) is 24.7 Å². The zero-order chi connectivity index (χ0) is 16.6. The molecule has 0 amide bonds. The van der Waals surface area contributed by atoms with E-state index in [1.54, 1.807) is 6.08 Å². The molecule has 0 aromatic heterocycles. The molecule has 6 atom stereocenters. The molecule has 0 spiro atoms. The third kappa shape index (κ3) is 1.85. The summed E-state index contributed by atoms with van der Waals surface area (Å²) in [4.78, 5) is 11.7. The van der Waals surface area contributed by atoms with Crippen molar-refractivity contribution in [1.29, 1.82) is 0 Å². The highest BCUT2D eigenvalue weighted by molar-refractivity contribution is 5.90. The molecular weight excluding hydrogens is 298 g/mol. The largest absolute Gasteiger partial charge is 0.393 e. The maximum Gasteiger partial charge on any atom is 0.327 e. The predicted molar refractivity (Wildman–Crippen MR) is 83.0 cm³/mol. The number of Topliss-reactive ketones (excluding diaryl/α,β-unsaturated/α-hetero) is 1. The Morgan fingerprint density at radius 3 is 2.61 bits per heavy atom. The lowest BCUT2D eigenvalue weighted by Gasteiger charge is -2.57. The normalized spacial score (nSPS) is 51.5. The molecule has 0 heterocycles. The Kier molecular flexibility index (Phi) is 3.18. The average Bonchev–Trinajstić information content (AvgIpc) is 2.79. The average molecular weight is 324 g/mol. The second-order valence-electron chi connectivity index (χ2n) is 8.78. The van der Waals surface area contributed by atoms with Crippen molar-refractivity contribution in [3.05, 3.63) is 11.6 Å². The molecule has 3 saturated carbocycles. The van der Waals surface area contributed by atoms with Gasteiger partial charge >= 0.3 is 5.92 Å². The van der Waals surface area contributed by atoms with E-state index in [9.17, 15) is 18.7 Å². The topological polar surface area (TPSA) is 37.3 Å². The Morgan fingerprint density at radius 1 is 1.13 bits per heavy atom. The van der Waals surface area contributed by atoms with Crippen LogP contribution in [0.2, 0.25) is 0 Å². The van der Waals surface area contributed by atoms with Gasteiger partial charge in [-0.3, -0.25) is 4.79 Å². The van der Waals surface area contributed by atoms with Gasteiger partial charge in [0.1, 0.15) is 0 Å². The summed E-state index contributed by atoms with van der Waals surface area (Å²) in [5, 5.41) is 10.4. The number of carbonyl (C=O) groups excluding carboxylic acids is 1. The zero-order valence-electron chi connectivity index (χ0n) is 13.9. The van der Waals surface area contributed by atoms with Crippen molar-refractivity contribution in [1.82, 2.24) is 0 Å². The van der Waals surface area contributed by atoms with Crippen molar-refractivity contribution in [3.8, 4) is 0 Å². The number of ketones is 1.